The van der Waals surface area contributed by atoms with E-state index in [2.05, 4.69) is 27.7 Å². The number of nitrogens with one attached hydrogen (secondary N) is 2. The number of carboxylic acids is 1. The second kappa shape index (κ2) is 12.5. The lowest BCUT2D eigenvalue weighted by Gasteiger charge is -2.36. The highest BCUT2D eigenvalue weighted by atomic mass is 16.4. The summed E-state index contributed by atoms with van der Waals surface area (Å²) in [5, 5.41) is 16.0. The van der Waals surface area contributed by atoms with Crippen LogP contribution in [0.3, 0.4) is 0 Å². The Morgan fingerprint density at radius 1 is 1.16 bits per heavy atom. The molecule has 0 radical (unpaired) electrons. The maximum atomic E-state index is 13.0. The number of pyridine rings is 1. The standard InChI is InChI=1S/C29H45N5O4/c1-29(2,3)28(38)34-15-5-7-22(19-34)26(35)32-24(27(36)37)13-17-33-16-12-20(18-33)8-10-23-11-9-21-6-4-14-30-25(21)31-23/h9,11,20,22,24H,4-8,10,12-19H2,1-3H3,(H,30,31)(H,32,35)(H,36,37). The summed E-state index contributed by atoms with van der Waals surface area (Å²) in [5.74, 6) is 0.0419. The van der Waals surface area contributed by atoms with Crippen molar-refractivity contribution < 1.29 is 19.5 Å². The summed E-state index contributed by atoms with van der Waals surface area (Å²) in [5.41, 5.74) is 1.95. The molecule has 3 atom stereocenters. The topological polar surface area (TPSA) is 115 Å². The van der Waals surface area contributed by atoms with Crippen LogP contribution in [-0.2, 0) is 27.2 Å². The molecule has 3 unspecified atom stereocenters. The van der Waals surface area contributed by atoms with Crippen LogP contribution in [0.15, 0.2) is 12.1 Å². The zero-order chi connectivity index (χ0) is 27.3. The highest BCUT2D eigenvalue weighted by Crippen LogP contribution is 2.25. The lowest BCUT2D eigenvalue weighted by Crippen LogP contribution is -2.51. The van der Waals surface area contributed by atoms with E-state index in [1.807, 2.05) is 20.8 Å². The highest BCUT2D eigenvalue weighted by Gasteiger charge is 2.35. The molecule has 4 heterocycles. The third-order valence-electron chi connectivity index (χ3n) is 8.20. The van der Waals surface area contributed by atoms with Gasteiger partial charge in [-0.25, -0.2) is 9.78 Å². The van der Waals surface area contributed by atoms with Crippen LogP contribution in [0.1, 0.15) is 70.6 Å². The maximum Gasteiger partial charge on any atom is 0.326 e. The fourth-order valence-corrected chi connectivity index (χ4v) is 5.92. The molecule has 4 rings (SSSR count). The number of rotatable bonds is 9. The van der Waals surface area contributed by atoms with E-state index < -0.39 is 17.4 Å². The highest BCUT2D eigenvalue weighted by molar-refractivity contribution is 5.86. The lowest BCUT2D eigenvalue weighted by molar-refractivity contribution is -0.146. The van der Waals surface area contributed by atoms with Crippen molar-refractivity contribution in [3.8, 4) is 0 Å². The Balaban J connectivity index is 1.21. The Morgan fingerprint density at radius 3 is 2.74 bits per heavy atom. The third kappa shape index (κ3) is 7.46. The molecular weight excluding hydrogens is 482 g/mol. The second-order valence-electron chi connectivity index (χ2n) is 12.4. The quantitative estimate of drug-likeness (QED) is 0.452. The minimum Gasteiger partial charge on any atom is -0.480 e. The first-order valence-corrected chi connectivity index (χ1v) is 14.4. The van der Waals surface area contributed by atoms with Crippen molar-refractivity contribution in [3.63, 3.8) is 0 Å². The van der Waals surface area contributed by atoms with E-state index in [1.165, 1.54) is 5.56 Å². The van der Waals surface area contributed by atoms with Crippen LogP contribution in [0.5, 0.6) is 0 Å². The second-order valence-corrected chi connectivity index (χ2v) is 12.4. The average molecular weight is 528 g/mol. The van der Waals surface area contributed by atoms with Gasteiger partial charge in [-0.1, -0.05) is 26.8 Å². The van der Waals surface area contributed by atoms with Gasteiger partial charge >= 0.3 is 5.97 Å². The van der Waals surface area contributed by atoms with Gasteiger partial charge in [0.1, 0.15) is 11.9 Å². The first-order valence-electron chi connectivity index (χ1n) is 14.4. The summed E-state index contributed by atoms with van der Waals surface area (Å²) in [4.78, 5) is 46.4. The summed E-state index contributed by atoms with van der Waals surface area (Å²) in [6.07, 6.45) is 7.21. The van der Waals surface area contributed by atoms with E-state index in [9.17, 15) is 19.5 Å². The number of likely N-dealkylation sites (tertiary alicyclic amines) is 2. The van der Waals surface area contributed by atoms with E-state index in [4.69, 9.17) is 4.98 Å². The number of aromatic nitrogens is 1. The number of carbonyl (C=O) groups is 3. The summed E-state index contributed by atoms with van der Waals surface area (Å²) < 4.78 is 0. The van der Waals surface area contributed by atoms with Crippen LogP contribution in [0.25, 0.3) is 0 Å². The van der Waals surface area contributed by atoms with Crippen molar-refractivity contribution in [1.82, 2.24) is 20.1 Å². The molecule has 0 spiro atoms. The van der Waals surface area contributed by atoms with E-state index in [1.54, 1.807) is 4.90 Å². The molecule has 9 heteroatoms. The first kappa shape index (κ1) is 28.3. The molecule has 3 aliphatic heterocycles. The minimum atomic E-state index is -1.00. The Kier molecular flexibility index (Phi) is 9.28. The number of aliphatic carboxylic acids is 1. The molecule has 2 amide bonds. The van der Waals surface area contributed by atoms with Crippen LogP contribution in [-0.4, -0.2) is 83.0 Å². The van der Waals surface area contributed by atoms with Crippen molar-refractivity contribution in [2.45, 2.75) is 78.2 Å². The van der Waals surface area contributed by atoms with Gasteiger partial charge in [-0.2, -0.15) is 0 Å². The fraction of sp³-hybridized carbons (Fsp3) is 0.724. The molecule has 2 fully saturated rings. The molecule has 2 saturated heterocycles. The van der Waals surface area contributed by atoms with Crippen molar-refractivity contribution in [3.05, 3.63) is 23.4 Å². The van der Waals surface area contributed by atoms with E-state index in [0.717, 1.165) is 69.7 Å². The molecule has 9 nitrogen and oxygen atoms in total. The van der Waals surface area contributed by atoms with Crippen molar-refractivity contribution in [1.29, 1.82) is 0 Å². The van der Waals surface area contributed by atoms with Gasteiger partial charge in [0.25, 0.3) is 0 Å². The number of aryl methyl sites for hydroxylation is 2. The first-order chi connectivity index (χ1) is 18.1. The number of carbonyl (C=O) groups excluding carboxylic acids is 2. The Bertz CT molecular complexity index is 1010. The summed E-state index contributed by atoms with van der Waals surface area (Å²) >= 11 is 0. The molecule has 3 aliphatic rings. The minimum absolute atomic E-state index is 0.0347. The largest absolute Gasteiger partial charge is 0.480 e. The van der Waals surface area contributed by atoms with Crippen molar-refractivity contribution in [2.75, 3.05) is 44.6 Å². The van der Waals surface area contributed by atoms with Gasteiger partial charge in [-0.15, -0.1) is 0 Å². The van der Waals surface area contributed by atoms with Gasteiger partial charge in [0.05, 0.1) is 5.92 Å². The van der Waals surface area contributed by atoms with Crippen LogP contribution in [0.2, 0.25) is 0 Å². The molecule has 0 aromatic carbocycles. The van der Waals surface area contributed by atoms with Crippen LogP contribution in [0.4, 0.5) is 5.82 Å². The molecule has 3 N–H and O–H groups in total. The summed E-state index contributed by atoms with van der Waals surface area (Å²) in [6, 6.07) is 3.45. The average Bonchev–Trinajstić information content (AvgIpc) is 3.36. The third-order valence-corrected chi connectivity index (χ3v) is 8.20. The SMILES string of the molecule is CC(C)(C)C(=O)N1CCCC(C(=O)NC(CCN2CCC(CCc3ccc4c(n3)NCCC4)C2)C(=O)O)C1. The normalized spacial score (nSPS) is 22.9. The number of carboxylic acid groups (broad SMARTS) is 1. The maximum absolute atomic E-state index is 13.0. The monoisotopic (exact) mass is 527 g/mol. The molecule has 0 bridgehead atoms. The zero-order valence-corrected chi connectivity index (χ0v) is 23.3. The lowest BCUT2D eigenvalue weighted by atomic mass is 9.90. The molecule has 1 aromatic heterocycles. The van der Waals surface area contributed by atoms with E-state index in [-0.39, 0.29) is 17.7 Å². The molecule has 1 aromatic rings. The van der Waals surface area contributed by atoms with Gasteiger partial charge in [0.15, 0.2) is 0 Å². The number of hydrogen-bond acceptors (Lipinski definition) is 6. The summed E-state index contributed by atoms with van der Waals surface area (Å²) in [7, 11) is 0. The van der Waals surface area contributed by atoms with Crippen molar-refractivity contribution >= 4 is 23.6 Å². The zero-order valence-electron chi connectivity index (χ0n) is 23.3. The number of fused-ring (bicyclic) bond motifs is 1. The number of piperidine rings is 1. The van der Waals surface area contributed by atoms with Crippen LogP contribution >= 0.6 is 0 Å². The van der Waals surface area contributed by atoms with Gasteiger partial charge in [0, 0.05) is 43.8 Å². The van der Waals surface area contributed by atoms with E-state index in [0.29, 0.717) is 38.4 Å². The van der Waals surface area contributed by atoms with E-state index >= 15 is 0 Å². The fourth-order valence-electron chi connectivity index (χ4n) is 5.92. The molecule has 0 saturated carbocycles. The number of nitrogens with zero attached hydrogens (tertiary/aromatic N) is 3. The smallest absolute Gasteiger partial charge is 0.326 e. The predicted octanol–water partition coefficient (Wildman–Crippen LogP) is 2.94. The summed E-state index contributed by atoms with van der Waals surface area (Å²) in [6.45, 7) is 10.2. The van der Waals surface area contributed by atoms with Gasteiger partial charge < -0.3 is 25.5 Å². The molecule has 0 aliphatic carbocycles. The van der Waals surface area contributed by atoms with Crippen molar-refractivity contribution in [2.24, 2.45) is 17.3 Å². The van der Waals surface area contributed by atoms with Gasteiger partial charge in [0.2, 0.25) is 11.8 Å². The Hall–Kier alpha value is -2.68. The number of amides is 2. The molecular formula is C29H45N5O4. The Labute approximate surface area is 226 Å². The van der Waals surface area contributed by atoms with Gasteiger partial charge in [-0.05, 0) is 75.5 Å². The molecule has 38 heavy (non-hydrogen) atoms. The number of hydrogen-bond donors (Lipinski definition) is 3. The van der Waals surface area contributed by atoms with Gasteiger partial charge in [-0.3, -0.25) is 9.59 Å². The van der Waals surface area contributed by atoms with Crippen LogP contribution < -0.4 is 10.6 Å². The Morgan fingerprint density at radius 2 is 1.97 bits per heavy atom. The van der Waals surface area contributed by atoms with Crippen LogP contribution in [0, 0.1) is 17.3 Å². The predicted molar refractivity (Wildman–Crippen MR) is 147 cm³/mol. The molecule has 210 valence electrons. The number of anilines is 1.